The van der Waals surface area contributed by atoms with Crippen LogP contribution in [0.25, 0.3) is 11.0 Å². The van der Waals surface area contributed by atoms with E-state index in [1.165, 1.54) is 0 Å². The highest BCUT2D eigenvalue weighted by molar-refractivity contribution is 5.85. The van der Waals surface area contributed by atoms with E-state index in [9.17, 15) is 4.39 Å². The zero-order valence-electron chi connectivity index (χ0n) is 15.5. The fourth-order valence-electron chi connectivity index (χ4n) is 3.62. The van der Waals surface area contributed by atoms with Gasteiger partial charge in [0.15, 0.2) is 0 Å². The molecule has 0 saturated carbocycles. The summed E-state index contributed by atoms with van der Waals surface area (Å²) >= 11 is 0. The first-order valence-corrected chi connectivity index (χ1v) is 9.06. The molecule has 1 aliphatic rings. The number of piperidine rings is 1. The predicted molar refractivity (Wildman–Crippen MR) is 109 cm³/mol. The molecule has 1 aliphatic heterocycles. The minimum atomic E-state index is -0.975. The van der Waals surface area contributed by atoms with Gasteiger partial charge in [-0.3, -0.25) is 4.98 Å². The van der Waals surface area contributed by atoms with E-state index in [-0.39, 0.29) is 18.4 Å². The number of nitrogens with two attached hydrogens (primary N) is 1. The third-order valence-electron chi connectivity index (χ3n) is 5.16. The number of halogens is 2. The van der Waals surface area contributed by atoms with Crippen molar-refractivity contribution in [1.29, 1.82) is 5.26 Å². The van der Waals surface area contributed by atoms with Crippen LogP contribution >= 0.6 is 12.4 Å². The zero-order valence-corrected chi connectivity index (χ0v) is 16.3. The Morgan fingerprint density at radius 2 is 2.07 bits per heavy atom. The lowest BCUT2D eigenvalue weighted by atomic mass is 10.1. The SMILES string of the molecule is CC(c1ccc(C#N)cn1)n1c(N2CC[C@@H](F)[C@H](N)C2)nc2ccccc21.Cl. The molecule has 0 aliphatic carbocycles. The second-order valence-corrected chi connectivity index (χ2v) is 6.94. The van der Waals surface area contributed by atoms with E-state index in [0.717, 1.165) is 22.7 Å². The lowest BCUT2D eigenvalue weighted by Gasteiger charge is -2.34. The quantitative estimate of drug-likeness (QED) is 0.729. The molecule has 2 aromatic heterocycles. The topological polar surface area (TPSA) is 83.8 Å². The van der Waals surface area contributed by atoms with Crippen molar-refractivity contribution in [1.82, 2.24) is 14.5 Å². The summed E-state index contributed by atoms with van der Waals surface area (Å²) in [6.07, 6.45) is 1.000. The van der Waals surface area contributed by atoms with Crippen LogP contribution in [0.4, 0.5) is 10.3 Å². The summed E-state index contributed by atoms with van der Waals surface area (Å²) in [7, 11) is 0. The Bertz CT molecular complexity index is 996. The molecule has 2 N–H and O–H groups in total. The number of aromatic nitrogens is 3. The minimum absolute atomic E-state index is 0. The van der Waals surface area contributed by atoms with Crippen molar-refractivity contribution in [3.63, 3.8) is 0 Å². The number of hydrogen-bond acceptors (Lipinski definition) is 5. The molecule has 1 saturated heterocycles. The van der Waals surface area contributed by atoms with Crippen molar-refractivity contribution < 1.29 is 4.39 Å². The molecule has 3 atom stereocenters. The van der Waals surface area contributed by atoms with Crippen LogP contribution in [0.2, 0.25) is 0 Å². The van der Waals surface area contributed by atoms with E-state index in [1.807, 2.05) is 37.3 Å². The summed E-state index contributed by atoms with van der Waals surface area (Å²) < 4.78 is 16.0. The normalized spacial score (nSPS) is 20.4. The highest BCUT2D eigenvalue weighted by Crippen LogP contribution is 2.31. The summed E-state index contributed by atoms with van der Waals surface area (Å²) in [5, 5.41) is 9.00. The lowest BCUT2D eigenvalue weighted by molar-refractivity contribution is 0.243. The Hall–Kier alpha value is -2.69. The third kappa shape index (κ3) is 3.53. The Balaban J connectivity index is 0.00000225. The molecular weight excluding hydrogens is 379 g/mol. The standard InChI is InChI=1S/C20H21FN6.ClH/c1-13(17-7-6-14(10-22)11-24-17)27-19-5-3-2-4-18(19)25-20(27)26-9-8-15(21)16(23)12-26;/h2-7,11,13,15-16H,8-9,12,23H2,1H3;1H/t13?,15-,16-;/m1./s1. The molecule has 0 spiro atoms. The van der Waals surface area contributed by atoms with E-state index >= 15 is 0 Å². The van der Waals surface area contributed by atoms with Crippen LogP contribution in [0.5, 0.6) is 0 Å². The van der Waals surface area contributed by atoms with Crippen molar-refractivity contribution in [3.8, 4) is 6.07 Å². The summed E-state index contributed by atoms with van der Waals surface area (Å²) in [5.41, 5.74) is 9.20. The van der Waals surface area contributed by atoms with Gasteiger partial charge in [-0.25, -0.2) is 9.37 Å². The molecule has 8 heteroatoms. The zero-order chi connectivity index (χ0) is 19.0. The van der Waals surface area contributed by atoms with Crippen LogP contribution in [0.3, 0.4) is 0 Å². The summed E-state index contributed by atoms with van der Waals surface area (Å²) in [6.45, 7) is 3.05. The molecule has 0 bridgehead atoms. The Morgan fingerprint density at radius 3 is 2.75 bits per heavy atom. The summed E-state index contributed by atoms with van der Waals surface area (Å²) in [4.78, 5) is 11.3. The first-order chi connectivity index (χ1) is 13.1. The Kier molecular flexibility index (Phi) is 5.82. The van der Waals surface area contributed by atoms with Gasteiger partial charge in [-0.05, 0) is 37.6 Å². The van der Waals surface area contributed by atoms with Gasteiger partial charge < -0.3 is 15.2 Å². The highest BCUT2D eigenvalue weighted by atomic mass is 35.5. The third-order valence-corrected chi connectivity index (χ3v) is 5.16. The van der Waals surface area contributed by atoms with Gasteiger partial charge in [-0.2, -0.15) is 5.26 Å². The number of imidazole rings is 1. The lowest BCUT2D eigenvalue weighted by Crippen LogP contribution is -2.50. The van der Waals surface area contributed by atoms with Gasteiger partial charge in [0.2, 0.25) is 5.95 Å². The average Bonchev–Trinajstić information content (AvgIpc) is 3.09. The fraction of sp³-hybridized carbons (Fsp3) is 0.350. The smallest absolute Gasteiger partial charge is 0.207 e. The first-order valence-electron chi connectivity index (χ1n) is 9.06. The van der Waals surface area contributed by atoms with Crippen molar-refractivity contribution in [3.05, 3.63) is 53.9 Å². The van der Waals surface area contributed by atoms with Gasteiger partial charge in [0.25, 0.3) is 0 Å². The van der Waals surface area contributed by atoms with Gasteiger partial charge in [-0.1, -0.05) is 12.1 Å². The molecule has 3 heterocycles. The number of rotatable bonds is 3. The van der Waals surface area contributed by atoms with Crippen molar-refractivity contribution >= 4 is 29.4 Å². The number of hydrogen-bond donors (Lipinski definition) is 1. The molecule has 1 fully saturated rings. The van der Waals surface area contributed by atoms with Gasteiger partial charge in [0, 0.05) is 19.3 Å². The van der Waals surface area contributed by atoms with Crippen LogP contribution in [0.1, 0.15) is 30.6 Å². The molecule has 0 amide bonds. The second kappa shape index (κ2) is 8.13. The summed E-state index contributed by atoms with van der Waals surface area (Å²) in [5.74, 6) is 0.775. The van der Waals surface area contributed by atoms with E-state index in [2.05, 4.69) is 20.5 Å². The molecule has 28 heavy (non-hydrogen) atoms. The van der Waals surface area contributed by atoms with Crippen LogP contribution in [-0.4, -0.2) is 39.8 Å². The van der Waals surface area contributed by atoms with Crippen LogP contribution in [0, 0.1) is 11.3 Å². The molecule has 146 valence electrons. The Labute approximate surface area is 169 Å². The first kappa shape index (κ1) is 20.1. The van der Waals surface area contributed by atoms with Gasteiger partial charge in [-0.15, -0.1) is 12.4 Å². The predicted octanol–water partition coefficient (Wildman–Crippen LogP) is 3.21. The number of pyridine rings is 1. The maximum absolute atomic E-state index is 13.9. The molecule has 4 rings (SSSR count). The Morgan fingerprint density at radius 1 is 1.29 bits per heavy atom. The number of alkyl halides is 1. The van der Waals surface area contributed by atoms with Crippen molar-refractivity contribution in [2.24, 2.45) is 5.73 Å². The van der Waals surface area contributed by atoms with E-state index < -0.39 is 12.2 Å². The van der Waals surface area contributed by atoms with Crippen molar-refractivity contribution in [2.75, 3.05) is 18.0 Å². The monoisotopic (exact) mass is 400 g/mol. The minimum Gasteiger partial charge on any atom is -0.340 e. The molecule has 1 aromatic carbocycles. The van der Waals surface area contributed by atoms with Gasteiger partial charge in [0.1, 0.15) is 12.2 Å². The number of nitriles is 1. The molecule has 0 radical (unpaired) electrons. The molecule has 6 nitrogen and oxygen atoms in total. The summed E-state index contributed by atoms with van der Waals surface area (Å²) in [6, 6.07) is 13.0. The maximum atomic E-state index is 13.9. The van der Waals surface area contributed by atoms with Crippen LogP contribution < -0.4 is 10.6 Å². The molecule has 3 aromatic rings. The second-order valence-electron chi connectivity index (χ2n) is 6.94. The average molecular weight is 401 g/mol. The van der Waals surface area contributed by atoms with E-state index in [4.69, 9.17) is 16.0 Å². The molecular formula is C20H22ClFN6. The number of benzene rings is 1. The van der Waals surface area contributed by atoms with Gasteiger partial charge in [0.05, 0.1) is 34.4 Å². The highest BCUT2D eigenvalue weighted by Gasteiger charge is 2.30. The van der Waals surface area contributed by atoms with Crippen molar-refractivity contribution in [2.45, 2.75) is 31.6 Å². The maximum Gasteiger partial charge on any atom is 0.207 e. The number of nitrogens with zero attached hydrogens (tertiary/aromatic N) is 5. The number of para-hydroxylation sites is 2. The molecule has 1 unspecified atom stereocenters. The van der Waals surface area contributed by atoms with E-state index in [1.54, 1.807) is 12.3 Å². The van der Waals surface area contributed by atoms with Crippen LogP contribution in [-0.2, 0) is 0 Å². The largest absolute Gasteiger partial charge is 0.340 e. The number of anilines is 1. The number of fused-ring (bicyclic) bond motifs is 1. The fourth-order valence-corrected chi connectivity index (χ4v) is 3.62. The van der Waals surface area contributed by atoms with E-state index in [0.29, 0.717) is 25.1 Å². The van der Waals surface area contributed by atoms with Crippen LogP contribution in [0.15, 0.2) is 42.6 Å². The van der Waals surface area contributed by atoms with Gasteiger partial charge >= 0.3 is 0 Å².